The molecule has 0 aromatic heterocycles. The molecule has 3 aromatic carbocycles. The first-order valence-electron chi connectivity index (χ1n) is 13.2. The van der Waals surface area contributed by atoms with Gasteiger partial charge in [-0.3, -0.25) is 9.59 Å². The van der Waals surface area contributed by atoms with Gasteiger partial charge in [-0.05, 0) is 88.0 Å². The van der Waals surface area contributed by atoms with Crippen molar-refractivity contribution in [2.45, 2.75) is 65.2 Å². The fourth-order valence-corrected chi connectivity index (χ4v) is 4.13. The van der Waals surface area contributed by atoms with Crippen LogP contribution in [0, 0.1) is 0 Å². The summed E-state index contributed by atoms with van der Waals surface area (Å²) in [5, 5.41) is 18.3. The van der Waals surface area contributed by atoms with Crippen LogP contribution >= 0.6 is 11.6 Å². The monoisotopic (exact) mass is 563 g/mol. The van der Waals surface area contributed by atoms with Crippen LogP contribution in [0.1, 0.15) is 70.2 Å². The number of aromatic hydroxyl groups is 1. The topological polar surface area (TPSA) is 100 Å². The lowest BCUT2D eigenvalue weighted by Crippen LogP contribution is -2.20. The second-order valence-electron chi connectivity index (χ2n) is 11.7. The molecule has 7 nitrogen and oxygen atoms in total. The number of nitrogens with zero attached hydrogens (tertiary/aromatic N) is 1. The average Bonchev–Trinajstić information content (AvgIpc) is 2.87. The van der Waals surface area contributed by atoms with Crippen molar-refractivity contribution >= 4 is 35.3 Å². The van der Waals surface area contributed by atoms with Gasteiger partial charge in [-0.25, -0.2) is 5.43 Å². The first-order valence-corrected chi connectivity index (χ1v) is 13.6. The minimum absolute atomic E-state index is 0.137. The maximum atomic E-state index is 12.4. The van der Waals surface area contributed by atoms with Gasteiger partial charge < -0.3 is 15.2 Å². The van der Waals surface area contributed by atoms with Crippen molar-refractivity contribution in [2.75, 3.05) is 11.9 Å². The number of phenols is 1. The Morgan fingerprint density at radius 3 is 2.02 bits per heavy atom. The van der Waals surface area contributed by atoms with Gasteiger partial charge in [0, 0.05) is 17.1 Å². The Balaban J connectivity index is 1.49. The molecule has 0 saturated carbocycles. The summed E-state index contributed by atoms with van der Waals surface area (Å²) in [5.41, 5.74) is 6.28. The first-order chi connectivity index (χ1) is 18.7. The van der Waals surface area contributed by atoms with E-state index in [1.54, 1.807) is 54.7 Å². The standard InChI is InChI=1S/C32H38ClN3O4/c1-31(2,3)26-17-22(18-27(30(26)39)32(4,5)6)9-16-28(37)36-34-19-21-7-14-25(15-8-21)40-20-29(38)35-24-12-10-23(33)11-13-24/h7-8,10-15,17-19,39H,9,16,20H2,1-6H3,(H,35,38)(H,36,37)/b34-19-. The highest BCUT2D eigenvalue weighted by molar-refractivity contribution is 6.30. The number of rotatable bonds is 9. The number of nitrogens with one attached hydrogen (secondary N) is 2. The van der Waals surface area contributed by atoms with Crippen molar-refractivity contribution in [3.63, 3.8) is 0 Å². The lowest BCUT2D eigenvalue weighted by atomic mass is 9.78. The molecule has 0 spiro atoms. The summed E-state index contributed by atoms with van der Waals surface area (Å²) in [7, 11) is 0. The highest BCUT2D eigenvalue weighted by Gasteiger charge is 2.26. The lowest BCUT2D eigenvalue weighted by molar-refractivity contribution is -0.121. The number of aryl methyl sites for hydroxylation is 1. The van der Waals surface area contributed by atoms with E-state index in [1.807, 2.05) is 12.1 Å². The number of anilines is 1. The van der Waals surface area contributed by atoms with E-state index >= 15 is 0 Å². The Kier molecular flexibility index (Phi) is 9.98. The smallest absolute Gasteiger partial charge is 0.262 e. The predicted octanol–water partition coefficient (Wildman–Crippen LogP) is 6.74. The molecule has 0 unspecified atom stereocenters. The SMILES string of the molecule is CC(C)(C)c1cc(CCC(=O)N/N=C\c2ccc(OCC(=O)Nc3ccc(Cl)cc3)cc2)cc(C(C)(C)C)c1O. The molecule has 40 heavy (non-hydrogen) atoms. The zero-order valence-corrected chi connectivity index (χ0v) is 24.7. The third-order valence-electron chi connectivity index (χ3n) is 6.21. The molecular weight excluding hydrogens is 526 g/mol. The fourth-order valence-electron chi connectivity index (χ4n) is 4.00. The Morgan fingerprint density at radius 2 is 1.48 bits per heavy atom. The minimum Gasteiger partial charge on any atom is -0.507 e. The third kappa shape index (κ3) is 9.12. The summed E-state index contributed by atoms with van der Waals surface area (Å²) in [5.74, 6) is 0.374. The molecular formula is C32H38ClN3O4. The number of hydrazone groups is 1. The van der Waals surface area contributed by atoms with Crippen molar-refractivity contribution in [2.24, 2.45) is 5.10 Å². The fraction of sp³-hybridized carbons (Fsp3) is 0.344. The van der Waals surface area contributed by atoms with E-state index < -0.39 is 0 Å². The first kappa shape index (κ1) is 30.7. The molecule has 0 aliphatic rings. The number of carbonyl (C=O) groups is 2. The number of amides is 2. The van der Waals surface area contributed by atoms with Gasteiger partial charge in [-0.1, -0.05) is 65.3 Å². The second-order valence-corrected chi connectivity index (χ2v) is 12.2. The van der Waals surface area contributed by atoms with E-state index in [0.29, 0.717) is 28.6 Å². The number of hydrogen-bond acceptors (Lipinski definition) is 5. The van der Waals surface area contributed by atoms with E-state index in [9.17, 15) is 14.7 Å². The van der Waals surface area contributed by atoms with Crippen LogP contribution < -0.4 is 15.5 Å². The van der Waals surface area contributed by atoms with Crippen LogP contribution in [0.3, 0.4) is 0 Å². The van der Waals surface area contributed by atoms with Crippen LogP contribution in [0.25, 0.3) is 0 Å². The molecule has 2 amide bonds. The molecule has 0 fully saturated rings. The minimum atomic E-state index is -0.285. The molecule has 0 saturated heterocycles. The van der Waals surface area contributed by atoms with Gasteiger partial charge in [-0.15, -0.1) is 0 Å². The molecule has 0 radical (unpaired) electrons. The van der Waals surface area contributed by atoms with Gasteiger partial charge in [0.2, 0.25) is 5.91 Å². The normalized spacial score (nSPS) is 11.9. The Bertz CT molecular complexity index is 1320. The van der Waals surface area contributed by atoms with Crippen molar-refractivity contribution in [1.82, 2.24) is 5.43 Å². The summed E-state index contributed by atoms with van der Waals surface area (Å²) < 4.78 is 5.53. The molecule has 0 atom stereocenters. The van der Waals surface area contributed by atoms with Gasteiger partial charge >= 0.3 is 0 Å². The number of halogens is 1. The third-order valence-corrected chi connectivity index (χ3v) is 6.46. The van der Waals surface area contributed by atoms with Crippen LogP contribution in [-0.4, -0.2) is 29.7 Å². The molecule has 212 valence electrons. The summed E-state index contributed by atoms with van der Waals surface area (Å²) in [6.07, 6.45) is 2.34. The number of phenolic OH excluding ortho intramolecular Hbond substituents is 1. The van der Waals surface area contributed by atoms with Crippen LogP contribution in [0.4, 0.5) is 5.69 Å². The van der Waals surface area contributed by atoms with Crippen molar-refractivity contribution in [1.29, 1.82) is 0 Å². The zero-order chi connectivity index (χ0) is 29.5. The predicted molar refractivity (Wildman–Crippen MR) is 162 cm³/mol. The van der Waals surface area contributed by atoms with Gasteiger partial charge in [0.15, 0.2) is 6.61 Å². The summed E-state index contributed by atoms with van der Waals surface area (Å²) in [6, 6.07) is 17.8. The highest BCUT2D eigenvalue weighted by Crippen LogP contribution is 2.40. The van der Waals surface area contributed by atoms with E-state index in [4.69, 9.17) is 16.3 Å². The molecule has 3 rings (SSSR count). The molecule has 0 aliphatic heterocycles. The Labute approximate surface area is 241 Å². The van der Waals surface area contributed by atoms with Crippen LogP contribution in [0.5, 0.6) is 11.5 Å². The Hall–Kier alpha value is -3.84. The summed E-state index contributed by atoms with van der Waals surface area (Å²) in [4.78, 5) is 24.5. The number of ether oxygens (including phenoxy) is 1. The number of benzene rings is 3. The van der Waals surface area contributed by atoms with Gasteiger partial charge in [0.25, 0.3) is 5.91 Å². The second kappa shape index (κ2) is 13.0. The molecule has 0 bridgehead atoms. The quantitative estimate of drug-likeness (QED) is 0.198. The largest absolute Gasteiger partial charge is 0.507 e. The molecule has 8 heteroatoms. The molecule has 0 heterocycles. The lowest BCUT2D eigenvalue weighted by Gasteiger charge is -2.28. The van der Waals surface area contributed by atoms with E-state index in [-0.39, 0.29) is 35.7 Å². The van der Waals surface area contributed by atoms with Gasteiger partial charge in [0.05, 0.1) is 6.21 Å². The number of hydrogen-bond donors (Lipinski definition) is 3. The zero-order valence-electron chi connectivity index (χ0n) is 24.0. The highest BCUT2D eigenvalue weighted by atomic mass is 35.5. The Morgan fingerprint density at radius 1 is 0.900 bits per heavy atom. The summed E-state index contributed by atoms with van der Waals surface area (Å²) in [6.45, 7) is 12.3. The van der Waals surface area contributed by atoms with Crippen molar-refractivity contribution < 1.29 is 19.4 Å². The van der Waals surface area contributed by atoms with Crippen molar-refractivity contribution in [3.8, 4) is 11.5 Å². The summed E-state index contributed by atoms with van der Waals surface area (Å²) >= 11 is 5.85. The van der Waals surface area contributed by atoms with E-state index in [0.717, 1.165) is 22.3 Å². The number of carbonyl (C=O) groups excluding carboxylic acids is 2. The maximum absolute atomic E-state index is 12.4. The maximum Gasteiger partial charge on any atom is 0.262 e. The van der Waals surface area contributed by atoms with Gasteiger partial charge in [0.1, 0.15) is 11.5 Å². The van der Waals surface area contributed by atoms with Gasteiger partial charge in [-0.2, -0.15) is 5.10 Å². The molecule has 3 aromatic rings. The molecule has 0 aliphatic carbocycles. The van der Waals surface area contributed by atoms with Crippen LogP contribution in [-0.2, 0) is 26.8 Å². The molecule has 3 N–H and O–H groups in total. The van der Waals surface area contributed by atoms with Crippen molar-refractivity contribution in [3.05, 3.63) is 87.9 Å². The van der Waals surface area contributed by atoms with E-state index in [1.165, 1.54) is 0 Å². The van der Waals surface area contributed by atoms with Crippen LogP contribution in [0.15, 0.2) is 65.8 Å². The van der Waals surface area contributed by atoms with E-state index in [2.05, 4.69) is 57.4 Å². The van der Waals surface area contributed by atoms with Crippen LogP contribution in [0.2, 0.25) is 5.02 Å². The average molecular weight is 564 g/mol.